The van der Waals surface area contributed by atoms with E-state index < -0.39 is 28.6 Å². The van der Waals surface area contributed by atoms with Crippen molar-refractivity contribution in [3.05, 3.63) is 71.8 Å². The van der Waals surface area contributed by atoms with Crippen molar-refractivity contribution < 1.29 is 27.8 Å². The Labute approximate surface area is 209 Å². The molecule has 8 nitrogen and oxygen atoms in total. The molecule has 0 bridgehead atoms. The number of rotatable bonds is 5. The van der Waals surface area contributed by atoms with Crippen LogP contribution in [-0.4, -0.2) is 40.9 Å². The molecule has 1 aliphatic heterocycles. The smallest absolute Gasteiger partial charge is 0.289 e. The summed E-state index contributed by atoms with van der Waals surface area (Å²) in [5, 5.41) is 21.4. The Hall–Kier alpha value is -4.56. The number of hydrogen-bond acceptors (Lipinski definition) is 7. The van der Waals surface area contributed by atoms with Crippen LogP contribution in [0.1, 0.15) is 12.5 Å². The Bertz CT molecular complexity index is 1560. The minimum atomic E-state index is -0.995. The second-order valence-corrected chi connectivity index (χ2v) is 8.92. The Morgan fingerprint density at radius 2 is 1.95 bits per heavy atom. The maximum absolute atomic E-state index is 15.0. The topological polar surface area (TPSA) is 116 Å². The van der Waals surface area contributed by atoms with Crippen LogP contribution in [-0.2, 0) is 4.74 Å². The Kier molecular flexibility index (Phi) is 6.19. The number of anilines is 1. The number of nitrogens with zero attached hydrogens (tertiary/aromatic N) is 3. The van der Waals surface area contributed by atoms with E-state index >= 15 is 0 Å². The van der Waals surface area contributed by atoms with Crippen molar-refractivity contribution in [3.8, 4) is 28.7 Å². The summed E-state index contributed by atoms with van der Waals surface area (Å²) in [6.45, 7) is 2.18. The molecule has 3 heterocycles. The van der Waals surface area contributed by atoms with Crippen LogP contribution < -0.4 is 10.1 Å². The number of fused-ring (bicyclic) bond motifs is 1. The average molecular weight is 507 g/mol. The van der Waals surface area contributed by atoms with Crippen LogP contribution in [0, 0.1) is 34.2 Å². The van der Waals surface area contributed by atoms with Crippen LogP contribution in [0.5, 0.6) is 11.5 Å². The predicted octanol–water partition coefficient (Wildman–Crippen LogP) is 5.11. The van der Waals surface area contributed by atoms with Gasteiger partial charge in [0.2, 0.25) is 0 Å². The van der Waals surface area contributed by atoms with Crippen molar-refractivity contribution in [1.29, 1.82) is 5.26 Å². The highest BCUT2D eigenvalue weighted by molar-refractivity contribution is 5.98. The molecule has 1 aliphatic rings. The van der Waals surface area contributed by atoms with Gasteiger partial charge in [-0.05, 0) is 18.2 Å². The quantitative estimate of drug-likeness (QED) is 0.346. The number of benzene rings is 2. The molecule has 0 saturated heterocycles. The van der Waals surface area contributed by atoms with Crippen molar-refractivity contribution in [2.24, 2.45) is 10.4 Å². The lowest BCUT2D eigenvalue weighted by molar-refractivity contribution is 0.0706. The van der Waals surface area contributed by atoms with E-state index in [1.54, 1.807) is 6.92 Å². The number of hydrogen-bond donors (Lipinski definition) is 3. The van der Waals surface area contributed by atoms with E-state index in [-0.39, 0.29) is 48.3 Å². The highest BCUT2D eigenvalue weighted by atomic mass is 19.1. The summed E-state index contributed by atoms with van der Waals surface area (Å²) in [6, 6.07) is 9.42. The van der Waals surface area contributed by atoms with Crippen LogP contribution >= 0.6 is 0 Å². The molecule has 1 unspecified atom stereocenters. The highest BCUT2D eigenvalue weighted by Crippen LogP contribution is 2.39. The van der Waals surface area contributed by atoms with E-state index in [9.17, 15) is 18.3 Å². The first-order valence-electron chi connectivity index (χ1n) is 11.2. The molecule has 37 heavy (non-hydrogen) atoms. The van der Waals surface area contributed by atoms with Gasteiger partial charge in [0.15, 0.2) is 17.4 Å². The minimum absolute atomic E-state index is 0.0480. The molecule has 0 saturated carbocycles. The zero-order valence-electron chi connectivity index (χ0n) is 19.5. The van der Waals surface area contributed by atoms with E-state index in [2.05, 4.69) is 20.3 Å². The van der Waals surface area contributed by atoms with Gasteiger partial charge in [-0.2, -0.15) is 5.26 Å². The maximum atomic E-state index is 15.0. The van der Waals surface area contributed by atoms with E-state index in [1.165, 1.54) is 30.6 Å². The molecule has 2 aromatic heterocycles. The minimum Gasteiger partial charge on any atom is -0.464 e. The molecule has 5 rings (SSSR count). The summed E-state index contributed by atoms with van der Waals surface area (Å²) < 4.78 is 55.8. The molecule has 3 N–H and O–H groups in total. The Morgan fingerprint density at radius 1 is 1.16 bits per heavy atom. The van der Waals surface area contributed by atoms with Crippen LogP contribution in [0.4, 0.5) is 18.9 Å². The zero-order valence-corrected chi connectivity index (χ0v) is 19.5. The van der Waals surface area contributed by atoms with Crippen LogP contribution in [0.3, 0.4) is 0 Å². The molecule has 0 aliphatic carbocycles. The lowest BCUT2D eigenvalue weighted by atomic mass is 9.93. The van der Waals surface area contributed by atoms with E-state index in [4.69, 9.17) is 14.7 Å². The van der Waals surface area contributed by atoms with Gasteiger partial charge >= 0.3 is 0 Å². The number of halogens is 3. The number of aliphatic imine (C=N–C) groups is 1. The van der Waals surface area contributed by atoms with Gasteiger partial charge < -0.3 is 24.9 Å². The number of H-pyrrole nitrogens is 1. The fourth-order valence-corrected chi connectivity index (χ4v) is 3.86. The normalized spacial score (nSPS) is 17.1. The van der Waals surface area contributed by atoms with Crippen molar-refractivity contribution >= 4 is 22.7 Å². The lowest BCUT2D eigenvalue weighted by Crippen LogP contribution is -2.38. The second kappa shape index (κ2) is 9.48. The third kappa shape index (κ3) is 4.66. The molecule has 1 atom stereocenters. The second-order valence-electron chi connectivity index (χ2n) is 8.92. The average Bonchev–Trinajstić information content (AvgIpc) is 3.32. The monoisotopic (exact) mass is 507 g/mol. The number of aliphatic hydroxyl groups is 1. The van der Waals surface area contributed by atoms with Gasteiger partial charge in [-0.3, -0.25) is 0 Å². The Balaban J connectivity index is 1.46. The standard InChI is InChI=1S/C26H20F3N5O3/c1-26(12-35)11-33-25(36-13-26)34-15-7-19(28)23(20(29)8-15)37-21-4-5-31-24-22(21)17(10-32-24)16-3-2-14(9-30)6-18(16)27/h2-8,10,35H,11-13H2,1H3,(H,31,32)(H,33,34). The SMILES string of the molecule is CC1(CO)CN=C(Nc2cc(F)c(Oc3ccnc4[nH]cc(-c5ccc(C#N)cc5F)c34)c(F)c2)OC1. The van der Waals surface area contributed by atoms with Crippen molar-refractivity contribution in [2.75, 3.05) is 25.1 Å². The summed E-state index contributed by atoms with van der Waals surface area (Å²) in [5.74, 6) is -3.25. The number of aromatic nitrogens is 2. The number of aliphatic hydroxyl groups excluding tert-OH is 1. The molecule has 0 amide bonds. The molecule has 2 aromatic carbocycles. The maximum Gasteiger partial charge on any atom is 0.289 e. The summed E-state index contributed by atoms with van der Waals surface area (Å²) in [5.41, 5.74) is 0.511. The largest absolute Gasteiger partial charge is 0.464 e. The Morgan fingerprint density at radius 3 is 2.59 bits per heavy atom. The molecule has 0 spiro atoms. The molecule has 188 valence electrons. The van der Waals surface area contributed by atoms with Crippen molar-refractivity contribution in [2.45, 2.75) is 6.92 Å². The van der Waals surface area contributed by atoms with Gasteiger partial charge in [0.25, 0.3) is 6.02 Å². The van der Waals surface area contributed by atoms with Crippen molar-refractivity contribution in [1.82, 2.24) is 9.97 Å². The van der Waals surface area contributed by atoms with Gasteiger partial charge in [0.1, 0.15) is 23.8 Å². The number of amidine groups is 1. The summed E-state index contributed by atoms with van der Waals surface area (Å²) in [7, 11) is 0. The van der Waals surface area contributed by atoms with E-state index in [1.807, 2.05) is 6.07 Å². The fraction of sp³-hybridized carbons (Fsp3) is 0.192. The van der Waals surface area contributed by atoms with E-state index in [0.717, 1.165) is 18.2 Å². The summed E-state index contributed by atoms with van der Waals surface area (Å²) in [4.78, 5) is 11.3. The lowest BCUT2D eigenvalue weighted by Gasteiger charge is -2.30. The number of nitriles is 1. The first-order valence-corrected chi connectivity index (χ1v) is 11.2. The highest BCUT2D eigenvalue weighted by Gasteiger charge is 2.29. The van der Waals surface area contributed by atoms with E-state index in [0.29, 0.717) is 16.6 Å². The van der Waals surface area contributed by atoms with Gasteiger partial charge in [-0.1, -0.05) is 13.0 Å². The molecule has 0 fully saturated rings. The number of pyridine rings is 1. The first kappa shape index (κ1) is 24.1. The molecule has 4 aromatic rings. The third-order valence-corrected chi connectivity index (χ3v) is 5.93. The van der Waals surface area contributed by atoms with Crippen molar-refractivity contribution in [3.63, 3.8) is 0 Å². The van der Waals surface area contributed by atoms with Gasteiger partial charge in [-0.25, -0.2) is 23.1 Å². The van der Waals surface area contributed by atoms with Crippen LogP contribution in [0.2, 0.25) is 0 Å². The van der Waals surface area contributed by atoms with Gasteiger partial charge in [0, 0.05) is 46.8 Å². The summed E-state index contributed by atoms with van der Waals surface area (Å²) >= 11 is 0. The molecule has 0 radical (unpaired) electrons. The molecular formula is C26H20F3N5O3. The summed E-state index contributed by atoms with van der Waals surface area (Å²) in [6.07, 6.45) is 2.89. The van der Waals surface area contributed by atoms with Gasteiger partial charge in [-0.15, -0.1) is 0 Å². The first-order chi connectivity index (χ1) is 17.8. The zero-order chi connectivity index (χ0) is 26.2. The molecule has 11 heteroatoms. The predicted molar refractivity (Wildman–Crippen MR) is 130 cm³/mol. The van der Waals surface area contributed by atoms with Crippen LogP contribution in [0.25, 0.3) is 22.2 Å². The molecular weight excluding hydrogens is 487 g/mol. The fourth-order valence-electron chi connectivity index (χ4n) is 3.86. The number of aromatic amines is 1. The third-order valence-electron chi connectivity index (χ3n) is 5.93. The van der Waals surface area contributed by atoms with Gasteiger partial charge in [0.05, 0.1) is 30.2 Å². The van der Waals surface area contributed by atoms with Crippen LogP contribution in [0.15, 0.2) is 53.8 Å². The number of nitrogens with one attached hydrogen (secondary N) is 2. The number of ether oxygens (including phenoxy) is 2.